The third-order valence-electron chi connectivity index (χ3n) is 2.95. The zero-order chi connectivity index (χ0) is 15.5. The summed E-state index contributed by atoms with van der Waals surface area (Å²) in [6.45, 7) is 0. The van der Waals surface area contributed by atoms with E-state index in [1.54, 1.807) is 36.4 Å². The molecular formula is C14H10BrN5O2. The molecule has 0 aliphatic rings. The molecule has 7 nitrogen and oxygen atoms in total. The maximum Gasteiger partial charge on any atom is 0.258 e. The summed E-state index contributed by atoms with van der Waals surface area (Å²) in [5.74, 6) is -0.386. The van der Waals surface area contributed by atoms with E-state index in [0.29, 0.717) is 16.9 Å². The van der Waals surface area contributed by atoms with E-state index in [4.69, 9.17) is 0 Å². The Morgan fingerprint density at radius 2 is 2.05 bits per heavy atom. The highest BCUT2D eigenvalue weighted by molar-refractivity contribution is 9.10. The zero-order valence-electron chi connectivity index (χ0n) is 11.1. The summed E-state index contributed by atoms with van der Waals surface area (Å²) in [5.41, 5.74) is 1.22. The van der Waals surface area contributed by atoms with E-state index in [1.165, 1.54) is 17.1 Å². The van der Waals surface area contributed by atoms with Gasteiger partial charge in [-0.2, -0.15) is 4.68 Å². The number of amides is 1. The topological polar surface area (TPSA) is 92.9 Å². The van der Waals surface area contributed by atoms with Crippen LogP contribution in [0.25, 0.3) is 5.69 Å². The van der Waals surface area contributed by atoms with Gasteiger partial charge in [0, 0.05) is 4.47 Å². The Morgan fingerprint density at radius 1 is 1.23 bits per heavy atom. The molecule has 0 fully saturated rings. The lowest BCUT2D eigenvalue weighted by atomic mass is 10.1. The maximum atomic E-state index is 12.5. The van der Waals surface area contributed by atoms with Crippen molar-refractivity contribution >= 4 is 27.5 Å². The van der Waals surface area contributed by atoms with Crippen LogP contribution >= 0.6 is 15.9 Å². The summed E-state index contributed by atoms with van der Waals surface area (Å²) in [4.78, 5) is 12.5. The highest BCUT2D eigenvalue weighted by Gasteiger charge is 2.15. The number of aromatic nitrogens is 4. The number of tetrazole rings is 1. The van der Waals surface area contributed by atoms with Gasteiger partial charge in [0.1, 0.15) is 12.1 Å². The van der Waals surface area contributed by atoms with Gasteiger partial charge in [-0.3, -0.25) is 4.79 Å². The van der Waals surface area contributed by atoms with E-state index < -0.39 is 0 Å². The number of halogens is 1. The number of benzene rings is 2. The van der Waals surface area contributed by atoms with Gasteiger partial charge in [-0.15, -0.1) is 5.10 Å². The quantitative estimate of drug-likeness (QED) is 0.700. The van der Waals surface area contributed by atoms with Crippen molar-refractivity contribution < 1.29 is 9.90 Å². The van der Waals surface area contributed by atoms with Gasteiger partial charge < -0.3 is 10.4 Å². The highest BCUT2D eigenvalue weighted by atomic mass is 79.9. The molecular weight excluding hydrogens is 350 g/mol. The minimum atomic E-state index is -0.381. The molecule has 2 N–H and O–H groups in total. The zero-order valence-corrected chi connectivity index (χ0v) is 12.7. The van der Waals surface area contributed by atoms with E-state index in [9.17, 15) is 9.90 Å². The van der Waals surface area contributed by atoms with Crippen molar-refractivity contribution in [3.63, 3.8) is 0 Å². The van der Waals surface area contributed by atoms with Crippen molar-refractivity contribution in [2.24, 2.45) is 0 Å². The third kappa shape index (κ3) is 2.82. The molecule has 0 spiro atoms. The average Bonchev–Trinajstić information content (AvgIpc) is 3.03. The predicted octanol–water partition coefficient (Wildman–Crippen LogP) is 2.38. The number of carbonyl (C=O) groups excluding carboxylic acids is 1. The molecule has 22 heavy (non-hydrogen) atoms. The molecule has 0 unspecified atom stereocenters. The molecule has 0 radical (unpaired) electrons. The minimum absolute atomic E-state index is 0.00480. The van der Waals surface area contributed by atoms with E-state index >= 15 is 0 Å². The van der Waals surface area contributed by atoms with Gasteiger partial charge in [0.15, 0.2) is 0 Å². The van der Waals surface area contributed by atoms with Crippen LogP contribution in [0.2, 0.25) is 0 Å². The van der Waals surface area contributed by atoms with E-state index in [2.05, 4.69) is 36.8 Å². The molecule has 2 aromatic carbocycles. The summed E-state index contributed by atoms with van der Waals surface area (Å²) >= 11 is 3.34. The monoisotopic (exact) mass is 359 g/mol. The number of hydrogen-bond donors (Lipinski definition) is 2. The summed E-state index contributed by atoms with van der Waals surface area (Å²) in [6.07, 6.45) is 1.40. The normalized spacial score (nSPS) is 10.4. The lowest BCUT2D eigenvalue weighted by Crippen LogP contribution is -2.15. The van der Waals surface area contributed by atoms with Crippen molar-refractivity contribution in [2.75, 3.05) is 5.32 Å². The van der Waals surface area contributed by atoms with Gasteiger partial charge in [-0.25, -0.2) is 0 Å². The molecule has 0 aliphatic heterocycles. The fourth-order valence-corrected chi connectivity index (χ4v) is 2.29. The Morgan fingerprint density at radius 3 is 2.77 bits per heavy atom. The average molecular weight is 360 g/mol. The number of rotatable bonds is 3. The van der Waals surface area contributed by atoms with Crippen molar-refractivity contribution in [1.29, 1.82) is 0 Å². The Bertz CT molecular complexity index is 820. The van der Waals surface area contributed by atoms with Crippen LogP contribution in [0.4, 0.5) is 5.69 Å². The van der Waals surface area contributed by atoms with Crippen LogP contribution in [-0.2, 0) is 0 Å². The van der Waals surface area contributed by atoms with Gasteiger partial charge >= 0.3 is 0 Å². The van der Waals surface area contributed by atoms with Gasteiger partial charge in [0.2, 0.25) is 0 Å². The number of phenols is 1. The number of carbonyl (C=O) groups is 1. The molecule has 0 saturated carbocycles. The summed E-state index contributed by atoms with van der Waals surface area (Å²) in [7, 11) is 0. The Balaban J connectivity index is 1.99. The maximum absolute atomic E-state index is 12.5. The standard InChI is InChI=1S/C14H10BrN5O2/c15-9-5-6-12(20-8-16-18-19-20)10(7-9)14(22)17-11-3-1-2-4-13(11)21/h1-8,21H,(H,17,22). The second-order valence-electron chi connectivity index (χ2n) is 4.39. The number of para-hydroxylation sites is 2. The van der Waals surface area contributed by atoms with Gasteiger partial charge in [-0.05, 0) is 40.8 Å². The third-order valence-corrected chi connectivity index (χ3v) is 3.44. The number of phenolic OH excluding ortho intramolecular Hbond substituents is 1. The van der Waals surface area contributed by atoms with Crippen LogP contribution in [0.1, 0.15) is 10.4 Å². The van der Waals surface area contributed by atoms with Crippen LogP contribution in [0.15, 0.2) is 53.3 Å². The van der Waals surface area contributed by atoms with Gasteiger partial charge in [0.05, 0.1) is 16.9 Å². The molecule has 1 aromatic heterocycles. The number of nitrogens with one attached hydrogen (secondary N) is 1. The van der Waals surface area contributed by atoms with E-state index in [0.717, 1.165) is 4.47 Å². The Hall–Kier alpha value is -2.74. The number of hydrogen-bond acceptors (Lipinski definition) is 5. The molecule has 8 heteroatoms. The lowest BCUT2D eigenvalue weighted by Gasteiger charge is -2.11. The fourth-order valence-electron chi connectivity index (χ4n) is 1.93. The number of anilines is 1. The van der Waals surface area contributed by atoms with Gasteiger partial charge in [-0.1, -0.05) is 28.1 Å². The summed E-state index contributed by atoms with van der Waals surface area (Å²) in [6, 6.07) is 11.7. The van der Waals surface area contributed by atoms with Crippen molar-refractivity contribution in [2.45, 2.75) is 0 Å². The van der Waals surface area contributed by atoms with Crippen LogP contribution < -0.4 is 5.32 Å². The minimum Gasteiger partial charge on any atom is -0.506 e. The predicted molar refractivity (Wildman–Crippen MR) is 82.9 cm³/mol. The van der Waals surface area contributed by atoms with Crippen LogP contribution in [0, 0.1) is 0 Å². The van der Waals surface area contributed by atoms with E-state index in [-0.39, 0.29) is 11.7 Å². The fraction of sp³-hybridized carbons (Fsp3) is 0. The largest absolute Gasteiger partial charge is 0.506 e. The van der Waals surface area contributed by atoms with Crippen LogP contribution in [0.3, 0.4) is 0 Å². The SMILES string of the molecule is O=C(Nc1ccccc1O)c1cc(Br)ccc1-n1cnnn1. The Labute approximate surface area is 133 Å². The number of aromatic hydroxyl groups is 1. The lowest BCUT2D eigenvalue weighted by molar-refractivity contribution is 0.102. The van der Waals surface area contributed by atoms with Crippen LogP contribution in [-0.4, -0.2) is 31.2 Å². The van der Waals surface area contributed by atoms with Crippen molar-refractivity contribution in [3.8, 4) is 11.4 Å². The summed E-state index contributed by atoms with van der Waals surface area (Å²) < 4.78 is 2.14. The molecule has 0 saturated heterocycles. The molecule has 3 aromatic rings. The molecule has 0 bridgehead atoms. The molecule has 0 atom stereocenters. The molecule has 0 aliphatic carbocycles. The van der Waals surface area contributed by atoms with Gasteiger partial charge in [0.25, 0.3) is 5.91 Å². The highest BCUT2D eigenvalue weighted by Crippen LogP contribution is 2.24. The first-order valence-corrected chi connectivity index (χ1v) is 7.07. The molecule has 3 rings (SSSR count). The molecule has 110 valence electrons. The smallest absolute Gasteiger partial charge is 0.258 e. The first-order valence-electron chi connectivity index (χ1n) is 6.27. The summed E-state index contributed by atoms with van der Waals surface area (Å²) in [5, 5.41) is 23.3. The van der Waals surface area contributed by atoms with Crippen LogP contribution in [0.5, 0.6) is 5.75 Å². The van der Waals surface area contributed by atoms with Crippen molar-refractivity contribution in [1.82, 2.24) is 20.2 Å². The molecule has 1 heterocycles. The Kier molecular flexibility index (Phi) is 3.84. The second kappa shape index (κ2) is 5.94. The first kappa shape index (κ1) is 14.2. The van der Waals surface area contributed by atoms with Crippen molar-refractivity contribution in [3.05, 3.63) is 58.8 Å². The molecule has 1 amide bonds. The first-order chi connectivity index (χ1) is 10.6. The second-order valence-corrected chi connectivity index (χ2v) is 5.30. The number of nitrogens with zero attached hydrogens (tertiary/aromatic N) is 4. The van der Waals surface area contributed by atoms with E-state index in [1.807, 2.05) is 0 Å².